The fourth-order valence-electron chi connectivity index (χ4n) is 3.72. The molecule has 2 aromatic heterocycles. The predicted molar refractivity (Wildman–Crippen MR) is 123 cm³/mol. The predicted octanol–water partition coefficient (Wildman–Crippen LogP) is 5.02. The van der Waals surface area contributed by atoms with Crippen LogP contribution in [-0.2, 0) is 24.7 Å². The molecule has 0 bridgehead atoms. The Kier molecular flexibility index (Phi) is 7.25. The molecule has 1 amide bonds. The number of alkyl halides is 2. The average molecular weight is 490 g/mol. The first-order chi connectivity index (χ1) is 16.0. The lowest BCUT2D eigenvalue weighted by molar-refractivity contribution is -0.113. The van der Waals surface area contributed by atoms with Gasteiger partial charge in [0.05, 0.1) is 11.3 Å². The molecule has 1 aliphatic carbocycles. The van der Waals surface area contributed by atoms with Crippen LogP contribution in [0.4, 0.5) is 13.8 Å². The van der Waals surface area contributed by atoms with Gasteiger partial charge < -0.3 is 14.6 Å². The summed E-state index contributed by atoms with van der Waals surface area (Å²) < 4.78 is 30.7. The van der Waals surface area contributed by atoms with Crippen LogP contribution in [0.5, 0.6) is 5.75 Å². The zero-order valence-corrected chi connectivity index (χ0v) is 19.4. The summed E-state index contributed by atoms with van der Waals surface area (Å²) in [5, 5.41) is 22.0. The molecule has 1 N–H and O–H groups in total. The molecule has 4 rings (SSSR count). The Hall–Kier alpha value is -2.97. The highest BCUT2D eigenvalue weighted by Gasteiger charge is 2.21. The van der Waals surface area contributed by atoms with Crippen LogP contribution in [0.3, 0.4) is 0 Å². The minimum Gasteiger partial charge on any atom is -0.435 e. The van der Waals surface area contributed by atoms with Gasteiger partial charge in [0.2, 0.25) is 5.91 Å². The Morgan fingerprint density at radius 3 is 2.76 bits per heavy atom. The largest absolute Gasteiger partial charge is 0.435 e. The van der Waals surface area contributed by atoms with Crippen molar-refractivity contribution in [2.75, 3.05) is 11.1 Å². The molecule has 0 atom stereocenters. The number of aryl methyl sites for hydroxylation is 1. The number of carbonyl (C=O) groups is 1. The van der Waals surface area contributed by atoms with Crippen LogP contribution < -0.4 is 10.1 Å². The molecular weight excluding hydrogens is 468 g/mol. The maximum absolute atomic E-state index is 12.6. The summed E-state index contributed by atoms with van der Waals surface area (Å²) >= 11 is 2.73. The van der Waals surface area contributed by atoms with Crippen molar-refractivity contribution in [3.63, 3.8) is 0 Å². The SMILES string of the molecule is Cn1c(SCC(=O)Nc2sc3c(c2C#N)CCCCC3)nnc1-c1ccc(OC(F)F)cc1. The van der Waals surface area contributed by atoms with E-state index in [0.29, 0.717) is 27.1 Å². The lowest BCUT2D eigenvalue weighted by Gasteiger charge is -2.07. The van der Waals surface area contributed by atoms with Crippen molar-refractivity contribution in [1.29, 1.82) is 5.26 Å². The highest BCUT2D eigenvalue weighted by atomic mass is 32.2. The van der Waals surface area contributed by atoms with E-state index in [-0.39, 0.29) is 17.4 Å². The first kappa shape index (κ1) is 23.2. The van der Waals surface area contributed by atoms with Crippen LogP contribution in [0.2, 0.25) is 0 Å². The number of carbonyl (C=O) groups excluding carboxylic acids is 1. The van der Waals surface area contributed by atoms with E-state index in [1.807, 2.05) is 0 Å². The molecule has 7 nitrogen and oxygen atoms in total. The van der Waals surface area contributed by atoms with Gasteiger partial charge in [-0.1, -0.05) is 18.2 Å². The topological polar surface area (TPSA) is 92.8 Å². The van der Waals surface area contributed by atoms with Crippen molar-refractivity contribution in [2.45, 2.75) is 43.9 Å². The van der Waals surface area contributed by atoms with Crippen molar-refractivity contribution in [1.82, 2.24) is 14.8 Å². The second kappa shape index (κ2) is 10.3. The Labute approximate surface area is 197 Å². The van der Waals surface area contributed by atoms with E-state index in [4.69, 9.17) is 0 Å². The van der Waals surface area contributed by atoms with Crippen molar-refractivity contribution in [2.24, 2.45) is 7.05 Å². The number of aromatic nitrogens is 3. The smallest absolute Gasteiger partial charge is 0.387 e. The Morgan fingerprint density at radius 1 is 1.27 bits per heavy atom. The van der Waals surface area contributed by atoms with Crippen LogP contribution in [0, 0.1) is 11.3 Å². The van der Waals surface area contributed by atoms with Gasteiger partial charge >= 0.3 is 6.61 Å². The number of halogens is 2. The molecule has 1 aliphatic rings. The van der Waals surface area contributed by atoms with Crippen LogP contribution in [-0.4, -0.2) is 33.0 Å². The third-order valence-electron chi connectivity index (χ3n) is 5.29. The summed E-state index contributed by atoms with van der Waals surface area (Å²) in [7, 11) is 1.77. The fourth-order valence-corrected chi connectivity index (χ4v) is 5.69. The number of nitrogens with zero attached hydrogens (tertiary/aromatic N) is 4. The highest BCUT2D eigenvalue weighted by Crippen LogP contribution is 2.37. The Bertz CT molecular complexity index is 1180. The molecule has 2 heterocycles. The molecular formula is C22H21F2N5O2S2. The molecule has 0 spiro atoms. The van der Waals surface area contributed by atoms with E-state index in [2.05, 4.69) is 26.3 Å². The summed E-state index contributed by atoms with van der Waals surface area (Å²) in [6.45, 7) is -2.88. The van der Waals surface area contributed by atoms with Crippen molar-refractivity contribution < 1.29 is 18.3 Å². The van der Waals surface area contributed by atoms with E-state index >= 15 is 0 Å². The second-order valence-corrected chi connectivity index (χ2v) is 9.53. The molecule has 0 saturated carbocycles. The number of anilines is 1. The van der Waals surface area contributed by atoms with Gasteiger partial charge in [0.15, 0.2) is 11.0 Å². The second-order valence-electron chi connectivity index (χ2n) is 7.49. The van der Waals surface area contributed by atoms with Crippen molar-refractivity contribution >= 4 is 34.0 Å². The normalized spacial score (nSPS) is 13.3. The summed E-state index contributed by atoms with van der Waals surface area (Å²) in [6, 6.07) is 8.38. The zero-order valence-electron chi connectivity index (χ0n) is 17.8. The number of fused-ring (bicyclic) bond motifs is 1. The van der Waals surface area contributed by atoms with Gasteiger partial charge in [0.25, 0.3) is 0 Å². The van der Waals surface area contributed by atoms with Gasteiger partial charge in [-0.2, -0.15) is 14.0 Å². The summed E-state index contributed by atoms with van der Waals surface area (Å²) in [6.07, 6.45) is 5.18. The number of hydrogen-bond acceptors (Lipinski definition) is 7. The average Bonchev–Trinajstić information content (AvgIpc) is 3.22. The minimum absolute atomic E-state index is 0.0600. The Balaban J connectivity index is 1.40. The lowest BCUT2D eigenvalue weighted by atomic mass is 10.1. The third-order valence-corrected chi connectivity index (χ3v) is 7.52. The number of hydrogen-bond donors (Lipinski definition) is 1. The molecule has 1 aromatic carbocycles. The molecule has 0 aliphatic heterocycles. The van der Waals surface area contributed by atoms with E-state index < -0.39 is 6.61 Å². The van der Waals surface area contributed by atoms with Gasteiger partial charge in [-0.25, -0.2) is 0 Å². The monoisotopic (exact) mass is 489 g/mol. The van der Waals surface area contributed by atoms with Crippen LogP contribution in [0.25, 0.3) is 11.4 Å². The number of ether oxygens (including phenoxy) is 1. The number of nitrogens with one attached hydrogen (secondary N) is 1. The quantitative estimate of drug-likeness (QED) is 0.370. The number of nitriles is 1. The number of rotatable bonds is 7. The van der Waals surface area contributed by atoms with E-state index in [9.17, 15) is 18.8 Å². The maximum Gasteiger partial charge on any atom is 0.387 e. The van der Waals surface area contributed by atoms with Crippen molar-refractivity contribution in [3.8, 4) is 23.2 Å². The number of thioether (sulfide) groups is 1. The van der Waals surface area contributed by atoms with E-state index in [1.165, 1.54) is 40.1 Å². The number of thiophene rings is 1. The Morgan fingerprint density at radius 2 is 2.03 bits per heavy atom. The van der Waals surface area contributed by atoms with Gasteiger partial charge in [-0.05, 0) is 55.5 Å². The first-order valence-corrected chi connectivity index (χ1v) is 12.2. The third kappa shape index (κ3) is 5.34. The summed E-state index contributed by atoms with van der Waals surface area (Å²) in [5.41, 5.74) is 2.36. The minimum atomic E-state index is -2.88. The van der Waals surface area contributed by atoms with Crippen molar-refractivity contribution in [3.05, 3.63) is 40.3 Å². The van der Waals surface area contributed by atoms with Gasteiger partial charge in [-0.15, -0.1) is 21.5 Å². The van der Waals surface area contributed by atoms with Crippen LogP contribution in [0.15, 0.2) is 29.4 Å². The van der Waals surface area contributed by atoms with Gasteiger partial charge in [0.1, 0.15) is 16.8 Å². The summed E-state index contributed by atoms with van der Waals surface area (Å²) in [4.78, 5) is 13.8. The molecule has 3 aromatic rings. The van der Waals surface area contributed by atoms with E-state index in [1.54, 1.807) is 23.7 Å². The van der Waals surface area contributed by atoms with Gasteiger partial charge in [-0.3, -0.25) is 4.79 Å². The molecule has 0 radical (unpaired) electrons. The highest BCUT2D eigenvalue weighted by molar-refractivity contribution is 7.99. The number of benzene rings is 1. The molecule has 0 fully saturated rings. The lowest BCUT2D eigenvalue weighted by Crippen LogP contribution is -2.14. The van der Waals surface area contributed by atoms with Gasteiger partial charge in [0, 0.05) is 17.5 Å². The molecule has 172 valence electrons. The molecule has 11 heteroatoms. The van der Waals surface area contributed by atoms with E-state index in [0.717, 1.165) is 37.7 Å². The standard InChI is InChI=1S/C22H21F2N5O2S2/c1-29-19(13-7-9-14(10-8-13)31-21(23)24)27-28-22(29)32-12-18(30)26-20-16(11-25)15-5-3-2-4-6-17(15)33-20/h7-10,21H,2-6,12H2,1H3,(H,26,30). The maximum atomic E-state index is 12.6. The van der Waals surface area contributed by atoms with Crippen LogP contribution in [0.1, 0.15) is 35.3 Å². The fraction of sp³-hybridized carbons (Fsp3) is 0.364. The molecule has 0 unspecified atom stereocenters. The first-order valence-electron chi connectivity index (χ1n) is 10.4. The summed E-state index contributed by atoms with van der Waals surface area (Å²) in [5.74, 6) is 0.492. The molecule has 33 heavy (non-hydrogen) atoms. The zero-order chi connectivity index (χ0) is 23.4. The number of amides is 1. The van der Waals surface area contributed by atoms with Crippen LogP contribution >= 0.6 is 23.1 Å². The molecule has 0 saturated heterocycles.